The van der Waals surface area contributed by atoms with Crippen LogP contribution in [0, 0.1) is 6.92 Å². The highest BCUT2D eigenvalue weighted by atomic mass is 32.2. The van der Waals surface area contributed by atoms with E-state index in [1.807, 2.05) is 11.8 Å². The summed E-state index contributed by atoms with van der Waals surface area (Å²) in [6.07, 6.45) is 3.31. The minimum Gasteiger partial charge on any atom is -0.319 e. The number of aryl methyl sites for hydroxylation is 2. The molecule has 2 rings (SSSR count). The molecule has 0 spiro atoms. The largest absolute Gasteiger partial charge is 0.319 e. The van der Waals surface area contributed by atoms with Crippen molar-refractivity contribution >= 4 is 23.1 Å². The smallest absolute Gasteiger partial charge is 0.114 e. The first-order valence-electron chi connectivity index (χ1n) is 5.95. The number of thioether (sulfide) groups is 1. The van der Waals surface area contributed by atoms with Crippen molar-refractivity contribution < 1.29 is 0 Å². The van der Waals surface area contributed by atoms with Gasteiger partial charge >= 0.3 is 0 Å². The lowest BCUT2D eigenvalue weighted by molar-refractivity contribution is 0.388. The molecule has 1 aromatic rings. The molecule has 1 fully saturated rings. The summed E-state index contributed by atoms with van der Waals surface area (Å²) in [5.41, 5.74) is 7.63. The van der Waals surface area contributed by atoms with E-state index < -0.39 is 0 Å². The van der Waals surface area contributed by atoms with Crippen LogP contribution in [-0.4, -0.2) is 16.0 Å². The van der Waals surface area contributed by atoms with Gasteiger partial charge < -0.3 is 5.73 Å². The lowest BCUT2D eigenvalue weighted by atomic mass is 9.91. The number of thiazole rings is 1. The Kier molecular flexibility index (Phi) is 3.62. The number of nitrogens with zero attached hydrogens (tertiary/aromatic N) is 1. The molecule has 1 saturated heterocycles. The Morgan fingerprint density at radius 2 is 2.31 bits per heavy atom. The van der Waals surface area contributed by atoms with Gasteiger partial charge in [-0.05, 0) is 31.9 Å². The van der Waals surface area contributed by atoms with Crippen LogP contribution in [0.2, 0.25) is 0 Å². The van der Waals surface area contributed by atoms with Crippen LogP contribution in [-0.2, 0) is 12.0 Å². The quantitative estimate of drug-likeness (QED) is 0.884. The third kappa shape index (κ3) is 2.03. The molecule has 16 heavy (non-hydrogen) atoms. The van der Waals surface area contributed by atoms with Gasteiger partial charge in [-0.1, -0.05) is 13.8 Å². The monoisotopic (exact) mass is 256 g/mol. The molecule has 2 N–H and O–H groups in total. The lowest BCUT2D eigenvalue weighted by Gasteiger charge is -2.37. The number of rotatable bonds is 2. The predicted octanol–water partition coefficient (Wildman–Crippen LogP) is 3.08. The molecule has 1 aliphatic rings. The fourth-order valence-electron chi connectivity index (χ4n) is 2.21. The first-order chi connectivity index (χ1) is 7.58. The Morgan fingerprint density at radius 1 is 1.56 bits per heavy atom. The van der Waals surface area contributed by atoms with E-state index >= 15 is 0 Å². The molecular weight excluding hydrogens is 236 g/mol. The van der Waals surface area contributed by atoms with Crippen molar-refractivity contribution in [3.05, 3.63) is 15.6 Å². The van der Waals surface area contributed by atoms with Gasteiger partial charge in [-0.3, -0.25) is 0 Å². The number of aromatic nitrogens is 1. The number of hydrogen-bond acceptors (Lipinski definition) is 4. The van der Waals surface area contributed by atoms with Crippen molar-refractivity contribution in [2.24, 2.45) is 5.73 Å². The summed E-state index contributed by atoms with van der Waals surface area (Å²) in [6, 6.07) is 0. The van der Waals surface area contributed by atoms with Gasteiger partial charge in [0.25, 0.3) is 0 Å². The number of hydrogen-bond donors (Lipinski definition) is 1. The fraction of sp³-hybridized carbons (Fsp3) is 0.750. The summed E-state index contributed by atoms with van der Waals surface area (Å²) in [4.78, 5) is 6.09. The molecule has 2 heterocycles. The van der Waals surface area contributed by atoms with E-state index in [1.165, 1.54) is 22.7 Å². The Labute approximate surface area is 106 Å². The zero-order valence-electron chi connectivity index (χ0n) is 10.2. The van der Waals surface area contributed by atoms with Crippen molar-refractivity contribution in [1.82, 2.24) is 4.98 Å². The van der Waals surface area contributed by atoms with Gasteiger partial charge in [0.05, 0.1) is 11.2 Å². The molecule has 0 aromatic carbocycles. The summed E-state index contributed by atoms with van der Waals surface area (Å²) in [5, 5.41) is 1.64. The van der Waals surface area contributed by atoms with Crippen molar-refractivity contribution in [3.63, 3.8) is 0 Å². The normalized spacial score (nSPS) is 30.6. The minimum absolute atomic E-state index is 0.189. The molecule has 0 radical (unpaired) electrons. The standard InChI is InChI=1S/C12H20N2S2/c1-4-10-8(2)16-11(14-10)12(13)6-5-7-15-9(12)3/h9H,4-7,13H2,1-3H3. The molecule has 0 amide bonds. The Morgan fingerprint density at radius 3 is 2.88 bits per heavy atom. The van der Waals surface area contributed by atoms with Gasteiger partial charge in [0.1, 0.15) is 5.01 Å². The first kappa shape index (κ1) is 12.4. The van der Waals surface area contributed by atoms with Crippen LogP contribution in [0.25, 0.3) is 0 Å². The summed E-state index contributed by atoms with van der Waals surface area (Å²) in [7, 11) is 0. The van der Waals surface area contributed by atoms with Gasteiger partial charge in [-0.25, -0.2) is 4.98 Å². The van der Waals surface area contributed by atoms with E-state index in [1.54, 1.807) is 11.3 Å². The summed E-state index contributed by atoms with van der Waals surface area (Å²) in [5.74, 6) is 1.24. The first-order valence-corrected chi connectivity index (χ1v) is 7.81. The molecule has 2 unspecified atom stereocenters. The molecule has 4 heteroatoms. The van der Waals surface area contributed by atoms with E-state index in [4.69, 9.17) is 10.7 Å². The summed E-state index contributed by atoms with van der Waals surface area (Å²) >= 11 is 3.78. The lowest BCUT2D eigenvalue weighted by Crippen LogP contribution is -2.47. The molecule has 0 bridgehead atoms. The summed E-state index contributed by atoms with van der Waals surface area (Å²) < 4.78 is 0. The van der Waals surface area contributed by atoms with E-state index in [9.17, 15) is 0 Å². The second kappa shape index (κ2) is 4.67. The third-order valence-electron chi connectivity index (χ3n) is 3.45. The van der Waals surface area contributed by atoms with E-state index in [0.717, 1.165) is 17.8 Å². The van der Waals surface area contributed by atoms with E-state index in [-0.39, 0.29) is 5.54 Å². The molecule has 1 aromatic heterocycles. The minimum atomic E-state index is -0.189. The maximum absolute atomic E-state index is 6.59. The maximum atomic E-state index is 6.59. The topological polar surface area (TPSA) is 38.9 Å². The van der Waals surface area contributed by atoms with Gasteiger partial charge in [0.2, 0.25) is 0 Å². The van der Waals surface area contributed by atoms with Crippen molar-refractivity contribution in [1.29, 1.82) is 0 Å². The number of nitrogens with two attached hydrogens (primary N) is 1. The molecule has 0 aliphatic carbocycles. The highest BCUT2D eigenvalue weighted by Gasteiger charge is 2.39. The molecule has 0 saturated carbocycles. The second-order valence-electron chi connectivity index (χ2n) is 4.53. The van der Waals surface area contributed by atoms with Crippen LogP contribution in [0.5, 0.6) is 0 Å². The third-order valence-corrected chi connectivity index (χ3v) is 6.11. The molecule has 1 aliphatic heterocycles. The van der Waals surface area contributed by atoms with E-state index in [2.05, 4.69) is 20.8 Å². The van der Waals surface area contributed by atoms with Crippen LogP contribution < -0.4 is 5.73 Å². The molecule has 2 nitrogen and oxygen atoms in total. The molecule has 2 atom stereocenters. The van der Waals surface area contributed by atoms with Crippen LogP contribution >= 0.6 is 23.1 Å². The van der Waals surface area contributed by atoms with Crippen LogP contribution in [0.4, 0.5) is 0 Å². The van der Waals surface area contributed by atoms with Crippen molar-refractivity contribution in [3.8, 4) is 0 Å². The second-order valence-corrected chi connectivity index (χ2v) is 7.18. The van der Waals surface area contributed by atoms with Crippen molar-refractivity contribution in [2.75, 3.05) is 5.75 Å². The predicted molar refractivity (Wildman–Crippen MR) is 73.2 cm³/mol. The zero-order chi connectivity index (χ0) is 11.8. The Bertz CT molecular complexity index is 375. The van der Waals surface area contributed by atoms with E-state index in [0.29, 0.717) is 5.25 Å². The average Bonchev–Trinajstić information content (AvgIpc) is 2.65. The van der Waals surface area contributed by atoms with Gasteiger partial charge in [-0.2, -0.15) is 11.8 Å². The maximum Gasteiger partial charge on any atom is 0.114 e. The SMILES string of the molecule is CCc1nc(C2(N)CCCSC2C)sc1C. The van der Waals surface area contributed by atoms with Gasteiger partial charge in [-0.15, -0.1) is 11.3 Å². The Balaban J connectivity index is 2.33. The van der Waals surface area contributed by atoms with Crippen LogP contribution in [0.3, 0.4) is 0 Å². The van der Waals surface area contributed by atoms with Gasteiger partial charge in [0.15, 0.2) is 0 Å². The zero-order valence-corrected chi connectivity index (χ0v) is 11.9. The highest BCUT2D eigenvalue weighted by Crippen LogP contribution is 2.41. The summed E-state index contributed by atoms with van der Waals surface area (Å²) in [6.45, 7) is 6.56. The fourth-order valence-corrected chi connectivity index (χ4v) is 4.70. The highest BCUT2D eigenvalue weighted by molar-refractivity contribution is 8.00. The average molecular weight is 256 g/mol. The Hall–Kier alpha value is -0.0600. The van der Waals surface area contributed by atoms with Crippen LogP contribution in [0.15, 0.2) is 0 Å². The van der Waals surface area contributed by atoms with Gasteiger partial charge in [0, 0.05) is 10.1 Å². The van der Waals surface area contributed by atoms with Crippen LogP contribution in [0.1, 0.15) is 42.3 Å². The molecular formula is C12H20N2S2. The molecule has 90 valence electrons. The van der Waals surface area contributed by atoms with Crippen molar-refractivity contribution in [2.45, 2.75) is 50.8 Å².